The van der Waals surface area contributed by atoms with Crippen LogP contribution in [0.1, 0.15) is 67.6 Å². The summed E-state index contributed by atoms with van der Waals surface area (Å²) in [5.74, 6) is 1.51. The van der Waals surface area contributed by atoms with Crippen LogP contribution in [0.5, 0.6) is 0 Å². The van der Waals surface area contributed by atoms with Gasteiger partial charge < -0.3 is 48.7 Å². The highest BCUT2D eigenvalue weighted by Gasteiger charge is 2.24. The molecule has 27 nitrogen and oxygen atoms in total. The number of nitrogens with two attached hydrogens (primary N) is 2. The van der Waals surface area contributed by atoms with Gasteiger partial charge in [0.1, 0.15) is 44.6 Å². The summed E-state index contributed by atoms with van der Waals surface area (Å²) in [6, 6.07) is 48.8. The summed E-state index contributed by atoms with van der Waals surface area (Å²) >= 11 is 24.7. The highest BCUT2D eigenvalue weighted by molar-refractivity contribution is 6.36. The van der Waals surface area contributed by atoms with Crippen LogP contribution in [0, 0.1) is 13.8 Å². The van der Waals surface area contributed by atoms with E-state index in [1.165, 1.54) is 19.0 Å². The summed E-state index contributed by atoms with van der Waals surface area (Å²) in [7, 11) is 0. The number of hydrogen-bond donors (Lipinski definition) is 8. The van der Waals surface area contributed by atoms with Crippen LogP contribution in [0.4, 0.5) is 17.6 Å². The van der Waals surface area contributed by atoms with Crippen LogP contribution in [0.2, 0.25) is 20.2 Å². The minimum Gasteiger partial charge on any atom is -0.412 e. The first kappa shape index (κ1) is 72.8. The van der Waals surface area contributed by atoms with Crippen LogP contribution < -0.4 is 61.6 Å². The van der Waals surface area contributed by atoms with Crippen molar-refractivity contribution in [2.24, 2.45) is 5.73 Å². The minimum absolute atomic E-state index is 0. The fourth-order valence-electron chi connectivity index (χ4n) is 11.4. The topological polar surface area (TPSA) is 423 Å². The van der Waals surface area contributed by atoms with Crippen LogP contribution in [-0.2, 0) is 0 Å². The molecule has 0 aliphatic rings. The third-order valence-electron chi connectivity index (χ3n) is 15.9. The van der Waals surface area contributed by atoms with Crippen molar-refractivity contribution in [3.63, 3.8) is 0 Å². The Balaban J connectivity index is 0.000000153. The summed E-state index contributed by atoms with van der Waals surface area (Å²) < 4.78 is 4.87. The number of aromatic nitrogens is 15. The van der Waals surface area contributed by atoms with E-state index in [9.17, 15) is 28.8 Å². The molecule has 0 aliphatic heterocycles. The lowest BCUT2D eigenvalue weighted by Gasteiger charge is -2.22. The Morgan fingerprint density at radius 3 is 1.14 bits per heavy atom. The third kappa shape index (κ3) is 14.8. The molecule has 6 aromatic carbocycles. The standard InChI is InChI=1S/C24H19ClN6O2.C23H18ClN7O2.C17H15ClN2O.C7H5ClN4O.H3N.H2O/c1-13(28-22-20-21(29-14(2)30-22)26-12-27-23(20)32)18-11-15-7-6-10-17(25)19(15)24(33)31(18)16-8-4-3-5-9-16;1-12(28-20-18-19(29-23(25)30-20)26-11-27-21(18)32)16-10-13-6-5-9-15(24)17(13)22(33)31(16)14-7-3-2-4-8-14;1-11(19)15-10-12-6-5-9-14(18)16(12)17(21)20(15)13-7-3-2-4-8-13;1-3-11-5(8)4-6(12-3)9-2-10-7(4)13;;/h3-13H,1-2H3,(H2,26,27,28,29,30,32);2-12H,1H3,(H4,25,26,27,28,29,30,32);2-11H,19H2,1H3;2H,1H3,(H,9,10,11,12,13);1H3;1H2/t13-;12-;11-;;;/m000.../s1. The van der Waals surface area contributed by atoms with E-state index in [4.69, 9.17) is 57.9 Å². The normalized spacial score (nSPS) is 11.8. The van der Waals surface area contributed by atoms with Gasteiger partial charge in [0.2, 0.25) is 5.95 Å². The minimum atomic E-state index is -0.460. The summed E-state index contributed by atoms with van der Waals surface area (Å²) in [5, 5.41) is 12.2. The first-order valence-corrected chi connectivity index (χ1v) is 32.2. The van der Waals surface area contributed by atoms with E-state index in [1.807, 2.05) is 160 Å². The van der Waals surface area contributed by atoms with Crippen LogP contribution in [0.3, 0.4) is 0 Å². The van der Waals surface area contributed by atoms with E-state index in [1.54, 1.807) is 51.8 Å². The van der Waals surface area contributed by atoms with E-state index in [0.717, 1.165) is 22.2 Å². The molecule has 31 heteroatoms. The molecule has 516 valence electrons. The number of nitrogens with one attached hydrogen (secondary N) is 5. The van der Waals surface area contributed by atoms with E-state index < -0.39 is 17.6 Å². The number of aromatic amines is 3. The van der Waals surface area contributed by atoms with Gasteiger partial charge in [-0.2, -0.15) is 9.97 Å². The van der Waals surface area contributed by atoms with Gasteiger partial charge >= 0.3 is 0 Å². The van der Waals surface area contributed by atoms with Gasteiger partial charge in [0.25, 0.3) is 33.4 Å². The fourth-order valence-corrected chi connectivity index (χ4v) is 12.5. The number of rotatable bonds is 10. The molecule has 0 fully saturated rings. The molecule has 0 unspecified atom stereocenters. The second-order valence-electron chi connectivity index (χ2n) is 22.7. The van der Waals surface area contributed by atoms with Crippen LogP contribution >= 0.6 is 46.4 Å². The quantitative estimate of drug-likeness (QED) is 0.0590. The molecule has 15 aromatic rings. The average molecular weight is 1450 g/mol. The van der Waals surface area contributed by atoms with E-state index in [-0.39, 0.29) is 84.2 Å². The molecule has 0 saturated carbocycles. The van der Waals surface area contributed by atoms with Crippen LogP contribution in [0.15, 0.2) is 212 Å². The maximum atomic E-state index is 13.6. The molecule has 3 atom stereocenters. The second-order valence-corrected chi connectivity index (χ2v) is 24.3. The first-order chi connectivity index (χ1) is 48.1. The zero-order valence-corrected chi connectivity index (χ0v) is 57.8. The van der Waals surface area contributed by atoms with Gasteiger partial charge in [0.15, 0.2) is 16.9 Å². The van der Waals surface area contributed by atoms with Gasteiger partial charge in [-0.25, -0.2) is 34.9 Å². The monoisotopic (exact) mass is 1450 g/mol. The van der Waals surface area contributed by atoms with Gasteiger partial charge in [-0.15, -0.1) is 0 Å². The van der Waals surface area contributed by atoms with Crippen molar-refractivity contribution >= 4 is 129 Å². The molecule has 14 N–H and O–H groups in total. The molecule has 9 heterocycles. The Labute approximate surface area is 596 Å². The SMILES string of the molecule is C[C@H](N)c1cc2cccc(Cl)c2c(=O)n1-c1ccccc1.C[C@H](Nc1nc(N)nc2nc[nH]c(=O)c12)c1cc2cccc(Cl)c2c(=O)n1-c1ccccc1.Cc1nc(Cl)c2c(=O)[nH]cnc2n1.Cc1nc(N[C@@H](C)c2cc3cccc(Cl)c3c(=O)n2-c2ccccc2)c2c(=O)[nH]cnc2n1.N.O. The van der Waals surface area contributed by atoms with Gasteiger partial charge in [-0.3, -0.25) is 42.5 Å². The molecule has 0 aliphatic carbocycles. The van der Waals surface area contributed by atoms with Gasteiger partial charge in [-0.05, 0) is 124 Å². The zero-order chi connectivity index (χ0) is 70.6. The van der Waals surface area contributed by atoms with Crippen molar-refractivity contribution in [1.82, 2.24) is 79.7 Å². The fraction of sp³-hybridized carbons (Fsp3) is 0.113. The highest BCUT2D eigenvalue weighted by atomic mass is 35.5. The summed E-state index contributed by atoms with van der Waals surface area (Å²) in [6.07, 6.45) is 3.85. The Hall–Kier alpha value is -12.0. The summed E-state index contributed by atoms with van der Waals surface area (Å²) in [4.78, 5) is 121. The van der Waals surface area contributed by atoms with E-state index in [2.05, 4.69) is 70.4 Å². The molecule has 102 heavy (non-hydrogen) atoms. The molecule has 0 spiro atoms. The molecule has 0 amide bonds. The number of pyridine rings is 3. The number of aryl methyl sites for hydroxylation is 2. The lowest BCUT2D eigenvalue weighted by Crippen LogP contribution is -2.26. The number of anilines is 3. The van der Waals surface area contributed by atoms with Crippen molar-refractivity contribution in [3.05, 3.63) is 294 Å². The molecule has 0 radical (unpaired) electrons. The second kappa shape index (κ2) is 31.1. The van der Waals surface area contributed by atoms with Crippen LogP contribution in [-0.4, -0.2) is 79.0 Å². The highest BCUT2D eigenvalue weighted by Crippen LogP contribution is 2.32. The first-order valence-electron chi connectivity index (χ1n) is 30.7. The van der Waals surface area contributed by atoms with Crippen molar-refractivity contribution in [3.8, 4) is 17.1 Å². The number of hydrogen-bond acceptors (Lipinski definition) is 20. The van der Waals surface area contributed by atoms with Crippen molar-refractivity contribution in [2.45, 2.75) is 52.7 Å². The Kier molecular flexibility index (Phi) is 22.2. The number of H-pyrrole nitrogens is 3. The van der Waals surface area contributed by atoms with Crippen molar-refractivity contribution < 1.29 is 5.48 Å². The lowest BCUT2D eigenvalue weighted by molar-refractivity contribution is 0.734. The molecule has 0 saturated heterocycles. The molecule has 15 rings (SSSR count). The van der Waals surface area contributed by atoms with E-state index >= 15 is 0 Å². The summed E-state index contributed by atoms with van der Waals surface area (Å²) in [5.41, 5.74) is 15.3. The number of fused-ring (bicyclic) bond motifs is 6. The predicted octanol–water partition coefficient (Wildman–Crippen LogP) is 11.3. The Morgan fingerprint density at radius 2 is 0.745 bits per heavy atom. The maximum absolute atomic E-state index is 13.6. The Bertz CT molecular complexity index is 5800. The number of para-hydroxylation sites is 3. The van der Waals surface area contributed by atoms with E-state index in [0.29, 0.717) is 88.1 Å². The predicted molar refractivity (Wildman–Crippen MR) is 402 cm³/mol. The van der Waals surface area contributed by atoms with Crippen molar-refractivity contribution in [1.29, 1.82) is 0 Å². The van der Waals surface area contributed by atoms with Crippen LogP contribution in [0.25, 0.3) is 82.5 Å². The van der Waals surface area contributed by atoms with Gasteiger partial charge in [-0.1, -0.05) is 137 Å². The summed E-state index contributed by atoms with van der Waals surface area (Å²) in [6.45, 7) is 9.05. The van der Waals surface area contributed by atoms with Gasteiger partial charge in [0.05, 0.1) is 62.3 Å². The third-order valence-corrected chi connectivity index (χ3v) is 17.1. The maximum Gasteiger partial charge on any atom is 0.264 e. The lowest BCUT2D eigenvalue weighted by atomic mass is 10.1. The number of benzene rings is 6. The molecule has 0 bridgehead atoms. The molecular weight excluding hydrogens is 1390 g/mol. The average Bonchev–Trinajstić information content (AvgIpc) is 0.772. The Morgan fingerprint density at radius 1 is 0.412 bits per heavy atom. The smallest absolute Gasteiger partial charge is 0.264 e. The largest absolute Gasteiger partial charge is 0.412 e. The molecule has 9 aromatic heterocycles. The number of nitrogen functional groups attached to an aromatic ring is 1. The number of nitrogens with zero attached hydrogens (tertiary/aromatic N) is 12. The number of halogens is 4. The van der Waals surface area contributed by atoms with Crippen molar-refractivity contribution in [2.75, 3.05) is 16.4 Å². The zero-order valence-electron chi connectivity index (χ0n) is 54.7. The molecular formula is C71H62Cl4N20O7. The van der Waals surface area contributed by atoms with Gasteiger partial charge in [0, 0.05) is 40.2 Å².